The first-order valence-corrected chi connectivity index (χ1v) is 8.22. The van der Waals surface area contributed by atoms with Gasteiger partial charge in [0.05, 0.1) is 5.75 Å². The molecule has 2 rings (SSSR count). The van der Waals surface area contributed by atoms with Gasteiger partial charge in [0.25, 0.3) is 0 Å². The molecule has 1 aromatic carbocycles. The summed E-state index contributed by atoms with van der Waals surface area (Å²) in [7, 11) is 0. The minimum Gasteiger partial charge on any atom is -0.360 e. The fourth-order valence-corrected chi connectivity index (χ4v) is 3.12. The molecule has 0 aliphatic carbocycles. The van der Waals surface area contributed by atoms with Crippen molar-refractivity contribution in [1.29, 1.82) is 0 Å². The van der Waals surface area contributed by atoms with Crippen molar-refractivity contribution in [3.05, 3.63) is 35.1 Å². The van der Waals surface area contributed by atoms with Crippen LogP contribution in [0.2, 0.25) is 5.02 Å². The van der Waals surface area contributed by atoms with E-state index in [-0.39, 0.29) is 0 Å². The molecular weight excluding hydrogens is 298 g/mol. The zero-order valence-corrected chi connectivity index (χ0v) is 13.3. The molecule has 0 saturated carbocycles. The molecule has 0 aliphatic heterocycles. The van der Waals surface area contributed by atoms with E-state index in [0.29, 0.717) is 5.92 Å². The molecule has 102 valence electrons. The van der Waals surface area contributed by atoms with Crippen molar-refractivity contribution in [3.63, 3.8) is 0 Å². The maximum absolute atomic E-state index is 5.95. The van der Waals surface area contributed by atoms with Crippen LogP contribution in [-0.4, -0.2) is 15.9 Å². The predicted octanol–water partition coefficient (Wildman–Crippen LogP) is 4.55. The van der Waals surface area contributed by atoms with Crippen LogP contribution in [0.4, 0.5) is 5.13 Å². The quantitative estimate of drug-likeness (QED) is 0.794. The van der Waals surface area contributed by atoms with Crippen LogP contribution in [0.3, 0.4) is 0 Å². The summed E-state index contributed by atoms with van der Waals surface area (Å²) in [4.78, 5) is 5.60. The Bertz CT molecular complexity index is 528. The molecule has 0 bridgehead atoms. The van der Waals surface area contributed by atoms with E-state index in [1.165, 1.54) is 11.5 Å². The highest BCUT2D eigenvalue weighted by atomic mass is 35.5. The van der Waals surface area contributed by atoms with Crippen LogP contribution in [0, 0.1) is 5.92 Å². The van der Waals surface area contributed by atoms with Gasteiger partial charge in [-0.25, -0.2) is 4.98 Å². The molecule has 19 heavy (non-hydrogen) atoms. The van der Waals surface area contributed by atoms with Crippen LogP contribution in [0.1, 0.15) is 19.7 Å². The van der Waals surface area contributed by atoms with E-state index >= 15 is 0 Å². The van der Waals surface area contributed by atoms with Gasteiger partial charge in [0.2, 0.25) is 5.13 Å². The highest BCUT2D eigenvalue weighted by Crippen LogP contribution is 2.25. The van der Waals surface area contributed by atoms with E-state index in [1.54, 1.807) is 11.8 Å². The molecule has 0 aliphatic rings. The van der Waals surface area contributed by atoms with Gasteiger partial charge in [0.15, 0.2) is 5.82 Å². The Hall–Kier alpha value is -0.780. The number of nitrogens with one attached hydrogen (secondary N) is 1. The van der Waals surface area contributed by atoms with E-state index in [0.717, 1.165) is 33.2 Å². The predicted molar refractivity (Wildman–Crippen MR) is 84.2 cm³/mol. The molecule has 1 N–H and O–H groups in total. The van der Waals surface area contributed by atoms with Crippen LogP contribution in [0.5, 0.6) is 0 Å². The lowest BCUT2D eigenvalue weighted by Crippen LogP contribution is -2.07. The lowest BCUT2D eigenvalue weighted by Gasteiger charge is -2.03. The summed E-state index contributed by atoms with van der Waals surface area (Å²) in [6.07, 6.45) is 0. The highest BCUT2D eigenvalue weighted by molar-refractivity contribution is 7.98. The zero-order chi connectivity index (χ0) is 13.7. The maximum atomic E-state index is 5.95. The lowest BCUT2D eigenvalue weighted by atomic mass is 10.2. The summed E-state index contributed by atoms with van der Waals surface area (Å²) < 4.78 is 4.35. The van der Waals surface area contributed by atoms with E-state index in [9.17, 15) is 0 Å². The largest absolute Gasteiger partial charge is 0.360 e. The molecule has 6 heteroatoms. The Morgan fingerprint density at radius 3 is 3.00 bits per heavy atom. The Morgan fingerprint density at radius 1 is 1.42 bits per heavy atom. The van der Waals surface area contributed by atoms with Crippen molar-refractivity contribution >= 4 is 40.0 Å². The first-order valence-electron chi connectivity index (χ1n) is 6.08. The molecule has 0 amide bonds. The Labute approximate surface area is 127 Å². The SMILES string of the molecule is CC(C)CNc1nc(CSc2cccc(Cl)c2)ns1. The van der Waals surface area contributed by atoms with Crippen LogP contribution in [0.25, 0.3) is 0 Å². The van der Waals surface area contributed by atoms with Crippen LogP contribution < -0.4 is 5.32 Å². The van der Waals surface area contributed by atoms with Crippen LogP contribution in [0.15, 0.2) is 29.2 Å². The number of thioether (sulfide) groups is 1. The second-order valence-corrected chi connectivity index (χ2v) is 6.77. The molecule has 0 spiro atoms. The van der Waals surface area contributed by atoms with Gasteiger partial charge in [-0.15, -0.1) is 11.8 Å². The number of rotatable bonds is 6. The van der Waals surface area contributed by atoms with Crippen molar-refractivity contribution in [2.24, 2.45) is 5.92 Å². The monoisotopic (exact) mass is 313 g/mol. The first kappa shape index (κ1) is 14.6. The minimum atomic E-state index is 0.605. The Kier molecular flexibility index (Phi) is 5.48. The number of benzene rings is 1. The number of halogens is 1. The summed E-state index contributed by atoms with van der Waals surface area (Å²) in [6.45, 7) is 5.27. The summed E-state index contributed by atoms with van der Waals surface area (Å²) in [5, 5.41) is 4.94. The molecule has 2 aromatic rings. The number of aromatic nitrogens is 2. The molecule has 0 radical (unpaired) electrons. The van der Waals surface area contributed by atoms with E-state index in [4.69, 9.17) is 11.6 Å². The number of nitrogens with zero attached hydrogens (tertiary/aromatic N) is 2. The fraction of sp³-hybridized carbons (Fsp3) is 0.385. The van der Waals surface area contributed by atoms with Crippen molar-refractivity contribution in [2.45, 2.75) is 24.5 Å². The molecular formula is C13H16ClN3S2. The zero-order valence-electron chi connectivity index (χ0n) is 10.9. The maximum Gasteiger partial charge on any atom is 0.202 e. The van der Waals surface area contributed by atoms with Gasteiger partial charge in [-0.1, -0.05) is 31.5 Å². The standard InChI is InChI=1S/C13H16ClN3S2/c1-9(2)7-15-13-16-12(17-19-13)8-18-11-5-3-4-10(14)6-11/h3-6,9H,7-8H2,1-2H3,(H,15,16,17). The van der Waals surface area contributed by atoms with Gasteiger partial charge in [-0.2, -0.15) is 4.37 Å². The van der Waals surface area contributed by atoms with Gasteiger partial charge in [0, 0.05) is 28.0 Å². The van der Waals surface area contributed by atoms with Crippen molar-refractivity contribution in [3.8, 4) is 0 Å². The van der Waals surface area contributed by atoms with E-state index in [1.807, 2.05) is 24.3 Å². The van der Waals surface area contributed by atoms with Crippen molar-refractivity contribution < 1.29 is 0 Å². The average molecular weight is 314 g/mol. The third-order valence-electron chi connectivity index (χ3n) is 2.29. The van der Waals surface area contributed by atoms with Crippen molar-refractivity contribution in [1.82, 2.24) is 9.36 Å². The number of hydrogen-bond donors (Lipinski definition) is 1. The summed E-state index contributed by atoms with van der Waals surface area (Å²) in [5.74, 6) is 2.23. The highest BCUT2D eigenvalue weighted by Gasteiger charge is 2.05. The summed E-state index contributed by atoms with van der Waals surface area (Å²) >= 11 is 9.06. The smallest absolute Gasteiger partial charge is 0.202 e. The van der Waals surface area contributed by atoms with Gasteiger partial charge in [-0.05, 0) is 24.1 Å². The molecule has 1 heterocycles. The normalized spacial score (nSPS) is 10.9. The third kappa shape index (κ3) is 5.01. The Balaban J connectivity index is 1.86. The third-order valence-corrected chi connectivity index (χ3v) is 4.23. The molecule has 0 fully saturated rings. The second-order valence-electron chi connectivity index (χ2n) is 4.54. The molecule has 0 atom stereocenters. The van der Waals surface area contributed by atoms with Crippen LogP contribution in [-0.2, 0) is 5.75 Å². The number of hydrogen-bond acceptors (Lipinski definition) is 5. The summed E-state index contributed by atoms with van der Waals surface area (Å²) in [6, 6.07) is 7.83. The fourth-order valence-electron chi connectivity index (χ4n) is 1.38. The molecule has 1 aromatic heterocycles. The van der Waals surface area contributed by atoms with E-state index in [2.05, 4.69) is 28.5 Å². The van der Waals surface area contributed by atoms with Gasteiger partial charge < -0.3 is 5.32 Å². The van der Waals surface area contributed by atoms with Gasteiger partial charge in [-0.3, -0.25) is 0 Å². The lowest BCUT2D eigenvalue weighted by molar-refractivity contribution is 0.688. The van der Waals surface area contributed by atoms with Crippen LogP contribution >= 0.6 is 34.9 Å². The molecule has 3 nitrogen and oxygen atoms in total. The van der Waals surface area contributed by atoms with Crippen molar-refractivity contribution in [2.75, 3.05) is 11.9 Å². The Morgan fingerprint density at radius 2 is 2.26 bits per heavy atom. The van der Waals surface area contributed by atoms with Gasteiger partial charge >= 0.3 is 0 Å². The first-order chi connectivity index (χ1) is 9.13. The molecule has 0 unspecified atom stereocenters. The average Bonchev–Trinajstić information content (AvgIpc) is 2.82. The number of anilines is 1. The molecule has 0 saturated heterocycles. The van der Waals surface area contributed by atoms with E-state index < -0.39 is 0 Å². The van der Waals surface area contributed by atoms with Gasteiger partial charge in [0.1, 0.15) is 0 Å². The topological polar surface area (TPSA) is 37.8 Å². The summed E-state index contributed by atoms with van der Waals surface area (Å²) in [5.41, 5.74) is 0. The second kappa shape index (κ2) is 7.12. The minimum absolute atomic E-state index is 0.605.